The molecule has 0 aliphatic heterocycles. The van der Waals surface area contributed by atoms with Crippen LogP contribution in [0.3, 0.4) is 0 Å². The van der Waals surface area contributed by atoms with E-state index < -0.39 is 0 Å². The Morgan fingerprint density at radius 2 is 1.50 bits per heavy atom. The van der Waals surface area contributed by atoms with Gasteiger partial charge < -0.3 is 0 Å². The zero-order chi connectivity index (χ0) is 11.4. The van der Waals surface area contributed by atoms with E-state index in [1.165, 1.54) is 44.9 Å². The molecule has 0 radical (unpaired) electrons. The van der Waals surface area contributed by atoms with Crippen LogP contribution in [0.15, 0.2) is 0 Å². The summed E-state index contributed by atoms with van der Waals surface area (Å²) in [7, 11) is 0. The predicted molar refractivity (Wildman–Crippen MR) is 71.5 cm³/mol. The predicted octanol–water partition coefficient (Wildman–Crippen LogP) is 5.56. The van der Waals surface area contributed by atoms with Crippen molar-refractivity contribution in [1.82, 2.24) is 0 Å². The SMILES string of the molecule is CCCC1(CCC)CCCC2CCCCC21. The molecule has 2 saturated carbocycles. The maximum atomic E-state index is 2.39. The summed E-state index contributed by atoms with van der Waals surface area (Å²) in [5, 5.41) is 0. The summed E-state index contributed by atoms with van der Waals surface area (Å²) in [5.41, 5.74) is 0.771. The van der Waals surface area contributed by atoms with Gasteiger partial charge in [0.05, 0.1) is 0 Å². The van der Waals surface area contributed by atoms with Gasteiger partial charge >= 0.3 is 0 Å². The lowest BCUT2D eigenvalue weighted by molar-refractivity contribution is -0.00390. The molecular weight excluding hydrogens is 192 g/mol. The van der Waals surface area contributed by atoms with E-state index in [0.717, 1.165) is 17.3 Å². The maximum absolute atomic E-state index is 2.39. The number of hydrogen-bond acceptors (Lipinski definition) is 0. The van der Waals surface area contributed by atoms with Gasteiger partial charge in [0.1, 0.15) is 0 Å². The molecule has 0 heteroatoms. The lowest BCUT2D eigenvalue weighted by atomic mass is 9.54. The summed E-state index contributed by atoms with van der Waals surface area (Å²) >= 11 is 0. The van der Waals surface area contributed by atoms with Crippen LogP contribution < -0.4 is 0 Å². The molecule has 0 aromatic heterocycles. The Morgan fingerprint density at radius 3 is 2.19 bits per heavy atom. The molecule has 0 aromatic carbocycles. The Hall–Kier alpha value is 0. The van der Waals surface area contributed by atoms with E-state index in [-0.39, 0.29) is 0 Å². The zero-order valence-corrected chi connectivity index (χ0v) is 11.4. The third-order valence-corrected chi connectivity index (χ3v) is 5.44. The molecule has 0 amide bonds. The van der Waals surface area contributed by atoms with E-state index in [1.807, 2.05) is 0 Å². The molecule has 0 spiro atoms. The minimum Gasteiger partial charge on any atom is -0.0654 e. The number of hydrogen-bond donors (Lipinski definition) is 0. The van der Waals surface area contributed by atoms with Crippen molar-refractivity contribution in [3.05, 3.63) is 0 Å². The van der Waals surface area contributed by atoms with Crippen molar-refractivity contribution in [3.63, 3.8) is 0 Å². The highest BCUT2D eigenvalue weighted by atomic mass is 14.5. The van der Waals surface area contributed by atoms with E-state index in [9.17, 15) is 0 Å². The summed E-state index contributed by atoms with van der Waals surface area (Å²) in [4.78, 5) is 0. The Balaban J connectivity index is 2.13. The Labute approximate surface area is 102 Å². The summed E-state index contributed by atoms with van der Waals surface area (Å²) in [6.07, 6.45) is 16.6. The molecule has 0 bridgehead atoms. The van der Waals surface area contributed by atoms with Crippen molar-refractivity contribution >= 4 is 0 Å². The fourth-order valence-electron chi connectivity index (χ4n) is 5.00. The van der Waals surface area contributed by atoms with Crippen LogP contribution in [0, 0.1) is 17.3 Å². The Kier molecular flexibility index (Phi) is 4.33. The van der Waals surface area contributed by atoms with Gasteiger partial charge in [0.2, 0.25) is 0 Å². The molecule has 2 unspecified atom stereocenters. The van der Waals surface area contributed by atoms with Gasteiger partial charge in [0.15, 0.2) is 0 Å². The van der Waals surface area contributed by atoms with Gasteiger partial charge in [-0.15, -0.1) is 0 Å². The van der Waals surface area contributed by atoms with Crippen LogP contribution in [0.1, 0.15) is 84.5 Å². The molecule has 0 heterocycles. The first kappa shape index (κ1) is 12.5. The number of fused-ring (bicyclic) bond motifs is 1. The molecule has 2 aliphatic carbocycles. The van der Waals surface area contributed by atoms with Gasteiger partial charge in [-0.25, -0.2) is 0 Å². The second-order valence-electron chi connectivity index (χ2n) is 6.41. The van der Waals surface area contributed by atoms with Crippen molar-refractivity contribution in [2.75, 3.05) is 0 Å². The maximum Gasteiger partial charge on any atom is -0.0267 e. The van der Waals surface area contributed by atoms with Crippen LogP contribution in [0.25, 0.3) is 0 Å². The van der Waals surface area contributed by atoms with Crippen LogP contribution >= 0.6 is 0 Å². The molecule has 0 N–H and O–H groups in total. The molecule has 16 heavy (non-hydrogen) atoms. The van der Waals surface area contributed by atoms with Gasteiger partial charge in [0.25, 0.3) is 0 Å². The quantitative estimate of drug-likeness (QED) is 0.584. The fraction of sp³-hybridized carbons (Fsp3) is 1.00. The third kappa shape index (κ3) is 2.31. The van der Waals surface area contributed by atoms with Crippen LogP contribution in [-0.4, -0.2) is 0 Å². The average Bonchev–Trinajstić information content (AvgIpc) is 2.30. The van der Waals surface area contributed by atoms with Gasteiger partial charge in [-0.2, -0.15) is 0 Å². The first-order chi connectivity index (χ1) is 7.82. The third-order valence-electron chi connectivity index (χ3n) is 5.44. The standard InChI is InChI=1S/C16H30/c1-3-11-16(12-4-2)13-7-9-14-8-5-6-10-15(14)16/h14-15H,3-13H2,1-2H3. The summed E-state index contributed by atoms with van der Waals surface area (Å²) in [5.74, 6) is 2.22. The van der Waals surface area contributed by atoms with E-state index in [1.54, 1.807) is 25.7 Å². The largest absolute Gasteiger partial charge is 0.0654 e. The highest BCUT2D eigenvalue weighted by Gasteiger charge is 2.44. The second-order valence-corrected chi connectivity index (χ2v) is 6.41. The highest BCUT2D eigenvalue weighted by molar-refractivity contribution is 4.94. The van der Waals surface area contributed by atoms with Crippen molar-refractivity contribution < 1.29 is 0 Å². The molecule has 2 rings (SSSR count). The zero-order valence-electron chi connectivity index (χ0n) is 11.4. The Bertz CT molecular complexity index is 193. The van der Waals surface area contributed by atoms with E-state index >= 15 is 0 Å². The minimum absolute atomic E-state index is 0.771. The lowest BCUT2D eigenvalue weighted by Gasteiger charge is -2.51. The lowest BCUT2D eigenvalue weighted by Crippen LogP contribution is -2.40. The molecule has 94 valence electrons. The monoisotopic (exact) mass is 222 g/mol. The van der Waals surface area contributed by atoms with Crippen molar-refractivity contribution in [1.29, 1.82) is 0 Å². The summed E-state index contributed by atoms with van der Waals surface area (Å²) < 4.78 is 0. The molecule has 0 saturated heterocycles. The smallest absolute Gasteiger partial charge is 0.0267 e. The normalized spacial score (nSPS) is 33.4. The van der Waals surface area contributed by atoms with Gasteiger partial charge in [0, 0.05) is 0 Å². The molecule has 2 atom stereocenters. The number of rotatable bonds is 4. The molecule has 2 fully saturated rings. The van der Waals surface area contributed by atoms with Gasteiger partial charge in [-0.3, -0.25) is 0 Å². The van der Waals surface area contributed by atoms with Gasteiger partial charge in [-0.05, 0) is 42.9 Å². The fourth-order valence-corrected chi connectivity index (χ4v) is 5.00. The van der Waals surface area contributed by atoms with Crippen molar-refractivity contribution in [2.24, 2.45) is 17.3 Å². The highest BCUT2D eigenvalue weighted by Crippen LogP contribution is 2.55. The molecule has 0 aromatic rings. The van der Waals surface area contributed by atoms with Crippen LogP contribution in [0.4, 0.5) is 0 Å². The topological polar surface area (TPSA) is 0 Å². The van der Waals surface area contributed by atoms with E-state index in [2.05, 4.69) is 13.8 Å². The minimum atomic E-state index is 0.771. The van der Waals surface area contributed by atoms with E-state index in [0.29, 0.717) is 0 Å². The molecule has 2 aliphatic rings. The van der Waals surface area contributed by atoms with Crippen LogP contribution in [-0.2, 0) is 0 Å². The average molecular weight is 222 g/mol. The van der Waals surface area contributed by atoms with Gasteiger partial charge in [-0.1, -0.05) is 58.8 Å². The van der Waals surface area contributed by atoms with Crippen molar-refractivity contribution in [2.45, 2.75) is 84.5 Å². The Morgan fingerprint density at radius 1 is 0.875 bits per heavy atom. The molecule has 0 nitrogen and oxygen atoms in total. The van der Waals surface area contributed by atoms with E-state index in [4.69, 9.17) is 0 Å². The second kappa shape index (κ2) is 5.56. The van der Waals surface area contributed by atoms with Crippen LogP contribution in [0.5, 0.6) is 0 Å². The van der Waals surface area contributed by atoms with Crippen LogP contribution in [0.2, 0.25) is 0 Å². The van der Waals surface area contributed by atoms with Crippen molar-refractivity contribution in [3.8, 4) is 0 Å². The first-order valence-corrected chi connectivity index (χ1v) is 7.82. The summed E-state index contributed by atoms with van der Waals surface area (Å²) in [6, 6.07) is 0. The first-order valence-electron chi connectivity index (χ1n) is 7.82. The molecular formula is C16H30. The summed E-state index contributed by atoms with van der Waals surface area (Å²) in [6.45, 7) is 4.79.